The average Bonchev–Trinajstić information content (AvgIpc) is 2.17. The van der Waals surface area contributed by atoms with Gasteiger partial charge < -0.3 is 15.3 Å². The Morgan fingerprint density at radius 2 is 2.14 bits per heavy atom. The second-order valence-electron chi connectivity index (χ2n) is 3.29. The molecule has 0 aliphatic rings. The van der Waals surface area contributed by atoms with Crippen LogP contribution in [0.1, 0.15) is 39.0 Å². The van der Waals surface area contributed by atoms with Crippen molar-refractivity contribution in [1.82, 2.24) is 0 Å². The van der Waals surface area contributed by atoms with E-state index in [1.54, 1.807) is 0 Å². The number of rotatable bonds is 8. The first kappa shape index (κ1) is 13.1. The summed E-state index contributed by atoms with van der Waals surface area (Å²) in [5, 5.41) is 0. The van der Waals surface area contributed by atoms with E-state index in [-0.39, 0.29) is 12.4 Å². The molecule has 0 heterocycles. The summed E-state index contributed by atoms with van der Waals surface area (Å²) in [6.45, 7) is 2.56. The molecule has 4 nitrogen and oxygen atoms in total. The largest absolute Gasteiger partial charge is 0.466 e. The van der Waals surface area contributed by atoms with E-state index in [9.17, 15) is 9.59 Å². The Hall–Kier alpha value is -0.900. The maximum absolute atomic E-state index is 11.0. The molecule has 1 atom stereocenters. The Bertz CT molecular complexity index is 171. The molecule has 0 aromatic carbocycles. The maximum atomic E-state index is 11.0. The van der Waals surface area contributed by atoms with Crippen molar-refractivity contribution in [1.29, 1.82) is 0 Å². The van der Waals surface area contributed by atoms with Gasteiger partial charge in [0.1, 0.15) is 6.29 Å². The van der Waals surface area contributed by atoms with Crippen LogP contribution < -0.4 is 5.73 Å². The Balaban J connectivity index is 3.31. The lowest BCUT2D eigenvalue weighted by Gasteiger charge is -2.05. The van der Waals surface area contributed by atoms with Crippen LogP contribution in [0.2, 0.25) is 0 Å². The lowest BCUT2D eigenvalue weighted by atomic mass is 10.2. The monoisotopic (exact) mass is 201 g/mol. The van der Waals surface area contributed by atoms with E-state index in [1.807, 2.05) is 0 Å². The summed E-state index contributed by atoms with van der Waals surface area (Å²) in [4.78, 5) is 21.1. The molecule has 0 aliphatic carbocycles. The molecule has 0 aromatic rings. The average molecular weight is 201 g/mol. The van der Waals surface area contributed by atoms with Gasteiger partial charge in [-0.1, -0.05) is 26.2 Å². The van der Waals surface area contributed by atoms with Gasteiger partial charge in [-0.05, 0) is 6.42 Å². The van der Waals surface area contributed by atoms with Crippen LogP contribution >= 0.6 is 0 Å². The Morgan fingerprint density at radius 3 is 2.71 bits per heavy atom. The van der Waals surface area contributed by atoms with Gasteiger partial charge in [-0.25, -0.2) is 0 Å². The third-order valence-electron chi connectivity index (χ3n) is 1.84. The van der Waals surface area contributed by atoms with Crippen molar-refractivity contribution in [2.45, 2.75) is 45.1 Å². The van der Waals surface area contributed by atoms with Gasteiger partial charge in [0, 0.05) is 0 Å². The van der Waals surface area contributed by atoms with Crippen LogP contribution in [0.15, 0.2) is 0 Å². The highest BCUT2D eigenvalue weighted by atomic mass is 16.5. The summed E-state index contributed by atoms with van der Waals surface area (Å²) in [6, 6.07) is -0.724. The first-order chi connectivity index (χ1) is 6.70. The number of carbonyl (C=O) groups excluding carboxylic acids is 2. The number of aldehydes is 1. The smallest absolute Gasteiger partial charge is 0.307 e. The number of hydrogen-bond acceptors (Lipinski definition) is 4. The van der Waals surface area contributed by atoms with Crippen LogP contribution in [0.25, 0.3) is 0 Å². The number of ether oxygens (including phenoxy) is 1. The fraction of sp³-hybridized carbons (Fsp3) is 0.800. The van der Waals surface area contributed by atoms with Gasteiger partial charge in [0.05, 0.1) is 19.1 Å². The lowest BCUT2D eigenvalue weighted by molar-refractivity contribution is -0.144. The number of carbonyl (C=O) groups is 2. The van der Waals surface area contributed by atoms with Gasteiger partial charge in [0.15, 0.2) is 0 Å². The van der Waals surface area contributed by atoms with Gasteiger partial charge in [-0.3, -0.25) is 4.79 Å². The normalized spacial score (nSPS) is 12.1. The molecule has 2 N–H and O–H groups in total. The van der Waals surface area contributed by atoms with Crippen LogP contribution in [-0.4, -0.2) is 24.9 Å². The Morgan fingerprint density at radius 1 is 1.43 bits per heavy atom. The van der Waals surface area contributed by atoms with E-state index in [2.05, 4.69) is 6.92 Å². The van der Waals surface area contributed by atoms with Gasteiger partial charge in [-0.15, -0.1) is 0 Å². The second-order valence-corrected chi connectivity index (χ2v) is 3.29. The van der Waals surface area contributed by atoms with Gasteiger partial charge in [0.25, 0.3) is 0 Å². The molecule has 0 fully saturated rings. The Kier molecular flexibility index (Phi) is 8.13. The van der Waals surface area contributed by atoms with E-state index in [0.29, 0.717) is 12.9 Å². The van der Waals surface area contributed by atoms with Gasteiger partial charge in [-0.2, -0.15) is 0 Å². The molecule has 0 saturated carbocycles. The summed E-state index contributed by atoms with van der Waals surface area (Å²) in [6.07, 6.45) is 4.81. The van der Waals surface area contributed by atoms with E-state index in [0.717, 1.165) is 25.7 Å². The lowest BCUT2D eigenvalue weighted by Crippen LogP contribution is -2.26. The standard InChI is InChI=1S/C10H19NO3/c1-2-3-4-5-6-14-10(13)7-9(11)8-12/h8-9H,2-7,11H2,1H3/t9-/m0/s1. The van der Waals surface area contributed by atoms with Gasteiger partial charge >= 0.3 is 5.97 Å². The minimum Gasteiger partial charge on any atom is -0.466 e. The topological polar surface area (TPSA) is 69.4 Å². The van der Waals surface area contributed by atoms with E-state index in [4.69, 9.17) is 10.5 Å². The maximum Gasteiger partial charge on any atom is 0.307 e. The molecule has 0 saturated heterocycles. The van der Waals surface area contributed by atoms with Crippen LogP contribution in [0, 0.1) is 0 Å². The third-order valence-corrected chi connectivity index (χ3v) is 1.84. The number of unbranched alkanes of at least 4 members (excludes halogenated alkanes) is 3. The summed E-state index contributed by atoms with van der Waals surface area (Å²) in [5.41, 5.74) is 5.26. The molecule has 0 aliphatic heterocycles. The van der Waals surface area contributed by atoms with Crippen molar-refractivity contribution in [3.8, 4) is 0 Å². The zero-order chi connectivity index (χ0) is 10.8. The predicted molar refractivity (Wildman–Crippen MR) is 53.8 cm³/mol. The van der Waals surface area contributed by atoms with Crippen LogP contribution in [0.4, 0.5) is 0 Å². The Labute approximate surface area is 84.8 Å². The van der Waals surface area contributed by atoms with Crippen molar-refractivity contribution in [2.24, 2.45) is 5.73 Å². The van der Waals surface area contributed by atoms with Crippen molar-refractivity contribution < 1.29 is 14.3 Å². The highest BCUT2D eigenvalue weighted by Crippen LogP contribution is 1.99. The molecular weight excluding hydrogens is 182 g/mol. The second kappa shape index (κ2) is 8.69. The molecule has 4 heteroatoms. The van der Waals surface area contributed by atoms with Gasteiger partial charge in [0.2, 0.25) is 0 Å². The van der Waals surface area contributed by atoms with Crippen LogP contribution in [0.5, 0.6) is 0 Å². The quantitative estimate of drug-likeness (QED) is 0.362. The van der Waals surface area contributed by atoms with Crippen molar-refractivity contribution >= 4 is 12.3 Å². The SMILES string of the molecule is CCCCCCOC(=O)C[C@H](N)C=O. The number of esters is 1. The van der Waals surface area contributed by atoms with E-state index >= 15 is 0 Å². The van der Waals surface area contributed by atoms with Crippen molar-refractivity contribution in [3.63, 3.8) is 0 Å². The minimum absolute atomic E-state index is 0.0166. The molecule has 0 aromatic heterocycles. The fourth-order valence-corrected chi connectivity index (χ4v) is 1.01. The summed E-state index contributed by atoms with van der Waals surface area (Å²) < 4.78 is 4.88. The van der Waals surface area contributed by atoms with E-state index in [1.165, 1.54) is 0 Å². The molecular formula is C10H19NO3. The molecule has 0 unspecified atom stereocenters. The van der Waals surface area contributed by atoms with Crippen molar-refractivity contribution in [2.75, 3.05) is 6.61 Å². The highest BCUT2D eigenvalue weighted by Gasteiger charge is 2.08. The van der Waals surface area contributed by atoms with Crippen LogP contribution in [0.3, 0.4) is 0 Å². The zero-order valence-electron chi connectivity index (χ0n) is 8.70. The third kappa shape index (κ3) is 7.73. The first-order valence-corrected chi connectivity index (χ1v) is 5.07. The molecule has 0 radical (unpaired) electrons. The first-order valence-electron chi connectivity index (χ1n) is 5.07. The number of hydrogen-bond donors (Lipinski definition) is 1. The van der Waals surface area contributed by atoms with Crippen molar-refractivity contribution in [3.05, 3.63) is 0 Å². The summed E-state index contributed by atoms with van der Waals surface area (Å²) in [7, 11) is 0. The molecule has 14 heavy (non-hydrogen) atoms. The predicted octanol–water partition coefficient (Wildman–Crippen LogP) is 1.03. The highest BCUT2D eigenvalue weighted by molar-refractivity contribution is 5.75. The zero-order valence-corrected chi connectivity index (χ0v) is 8.70. The number of nitrogens with two attached hydrogens (primary N) is 1. The molecule has 82 valence electrons. The fourth-order valence-electron chi connectivity index (χ4n) is 1.01. The van der Waals surface area contributed by atoms with Crippen LogP contribution in [-0.2, 0) is 14.3 Å². The minimum atomic E-state index is -0.724. The summed E-state index contributed by atoms with van der Waals surface area (Å²) >= 11 is 0. The molecule has 0 spiro atoms. The molecule has 0 rings (SSSR count). The van der Waals surface area contributed by atoms with E-state index < -0.39 is 6.04 Å². The summed E-state index contributed by atoms with van der Waals surface area (Å²) in [5.74, 6) is -0.388. The molecule has 0 amide bonds. The molecule has 0 bridgehead atoms.